The van der Waals surface area contributed by atoms with E-state index in [4.69, 9.17) is 21.1 Å². The minimum absolute atomic E-state index is 0.144. The largest absolute Gasteiger partial charge is 0.495 e. The van der Waals surface area contributed by atoms with Crippen LogP contribution in [0, 0.1) is 0 Å². The molecule has 0 bridgehead atoms. The van der Waals surface area contributed by atoms with Crippen molar-refractivity contribution in [3.63, 3.8) is 0 Å². The number of carbonyl (C=O) groups is 1. The summed E-state index contributed by atoms with van der Waals surface area (Å²) >= 11 is 6.32. The maximum absolute atomic E-state index is 11.1. The Hall–Kier alpha value is -3.47. The monoisotopic (exact) mass is 527 g/mol. The molecule has 11 heteroatoms. The van der Waals surface area contributed by atoms with Crippen LogP contribution in [0.25, 0.3) is 0 Å². The number of rotatable bonds is 9. The van der Waals surface area contributed by atoms with Gasteiger partial charge in [0.25, 0.3) is 0 Å². The summed E-state index contributed by atoms with van der Waals surface area (Å²) in [6.45, 7) is 7.50. The summed E-state index contributed by atoms with van der Waals surface area (Å²) in [5.74, 6) is 2.29. The van der Waals surface area contributed by atoms with Crippen LogP contribution >= 0.6 is 11.6 Å². The van der Waals surface area contributed by atoms with Crippen molar-refractivity contribution in [1.82, 2.24) is 25.2 Å². The van der Waals surface area contributed by atoms with E-state index in [1.165, 1.54) is 7.11 Å². The summed E-state index contributed by atoms with van der Waals surface area (Å²) in [5, 5.41) is 6.30. The highest BCUT2D eigenvalue weighted by molar-refractivity contribution is 6.33. The van der Waals surface area contributed by atoms with Crippen molar-refractivity contribution >= 4 is 35.3 Å². The fourth-order valence-corrected chi connectivity index (χ4v) is 3.93. The Morgan fingerprint density at radius 2 is 1.76 bits per heavy atom. The van der Waals surface area contributed by atoms with E-state index in [-0.39, 0.29) is 6.61 Å². The van der Waals surface area contributed by atoms with Gasteiger partial charge in [0, 0.05) is 37.3 Å². The van der Waals surface area contributed by atoms with Gasteiger partial charge in [-0.25, -0.2) is 15.0 Å². The van der Waals surface area contributed by atoms with Gasteiger partial charge >= 0.3 is 0 Å². The topological polar surface area (TPSA) is 105 Å². The smallest absolute Gasteiger partial charge is 0.227 e. The quantitative estimate of drug-likeness (QED) is 0.401. The minimum Gasteiger partial charge on any atom is -0.495 e. The first-order valence-corrected chi connectivity index (χ1v) is 12.4. The van der Waals surface area contributed by atoms with E-state index >= 15 is 0 Å². The number of benzene rings is 1. The molecule has 3 aromatic rings. The Kier molecular flexibility index (Phi) is 10.9. The lowest BCUT2D eigenvalue weighted by molar-refractivity contribution is 0.112. The highest BCUT2D eigenvalue weighted by Gasteiger charge is 2.16. The maximum atomic E-state index is 11.1. The molecule has 1 saturated heterocycles. The van der Waals surface area contributed by atoms with E-state index in [0.29, 0.717) is 33.6 Å². The first kappa shape index (κ1) is 28.1. The third kappa shape index (κ3) is 8.01. The zero-order valence-electron chi connectivity index (χ0n) is 21.7. The number of nitrogens with zero attached hydrogens (tertiary/aromatic N) is 5. The molecule has 1 fully saturated rings. The molecule has 198 valence electrons. The Balaban J connectivity index is 0.00000121. The number of halogens is 1. The molecule has 0 amide bonds. The molecule has 1 aromatic carbocycles. The average Bonchev–Trinajstić information content (AvgIpc) is 2.94. The fourth-order valence-electron chi connectivity index (χ4n) is 3.69. The molecule has 10 nitrogen and oxygen atoms in total. The van der Waals surface area contributed by atoms with Crippen molar-refractivity contribution in [3.8, 4) is 11.5 Å². The van der Waals surface area contributed by atoms with Crippen LogP contribution in [-0.2, 0) is 6.61 Å². The Labute approximate surface area is 223 Å². The lowest BCUT2D eigenvalue weighted by atomic mass is 10.1. The van der Waals surface area contributed by atoms with E-state index in [1.807, 2.05) is 26.2 Å². The van der Waals surface area contributed by atoms with Crippen molar-refractivity contribution in [2.75, 3.05) is 64.1 Å². The number of hydrogen-bond donors (Lipinski definition) is 2. The highest BCUT2D eigenvalue weighted by atomic mass is 35.5. The van der Waals surface area contributed by atoms with Gasteiger partial charge in [-0.2, -0.15) is 0 Å². The molecule has 2 aromatic heterocycles. The van der Waals surface area contributed by atoms with Gasteiger partial charge in [0.05, 0.1) is 36.4 Å². The zero-order valence-corrected chi connectivity index (χ0v) is 22.5. The number of piperazine rings is 1. The maximum Gasteiger partial charge on any atom is 0.227 e. The first-order valence-electron chi connectivity index (χ1n) is 12.1. The number of anilines is 3. The van der Waals surface area contributed by atoms with Crippen LogP contribution in [0.2, 0.25) is 5.02 Å². The molecule has 2 N–H and O–H groups in total. The number of likely N-dealkylation sites (N-methyl/N-ethyl adjacent to an activating group) is 1. The SMILES string of the molecule is CCN1CCN(c2ccc(Nc3ncc(OCc4cc(C=O)cc(OC)c4Cl)cn3)cn2)CC1.CNC. The second kappa shape index (κ2) is 14.3. The standard InChI is InChI=1S/C24H27ClN6O3.C2H7N/c1-3-30-6-8-31(9-7-30)22-5-4-19(12-26-22)29-24-27-13-20(14-28-24)34-16-18-10-17(15-32)11-21(33-2)23(18)25;1-3-2/h4-5,10-15H,3,6-9,16H2,1-2H3,(H,27,28,29);3H,1-2H3. The van der Waals surface area contributed by atoms with E-state index in [9.17, 15) is 4.79 Å². The van der Waals surface area contributed by atoms with Gasteiger partial charge in [0.1, 0.15) is 24.5 Å². The van der Waals surface area contributed by atoms with Crippen molar-refractivity contribution < 1.29 is 14.3 Å². The average molecular weight is 528 g/mol. The number of aromatic nitrogens is 3. The third-order valence-corrected chi connectivity index (χ3v) is 6.09. The molecule has 0 spiro atoms. The zero-order chi connectivity index (χ0) is 26.6. The normalized spacial score (nSPS) is 13.4. The summed E-state index contributed by atoms with van der Waals surface area (Å²) in [7, 11) is 5.25. The molecule has 4 rings (SSSR count). The summed E-state index contributed by atoms with van der Waals surface area (Å²) in [6, 6.07) is 7.22. The van der Waals surface area contributed by atoms with Crippen LogP contribution < -0.4 is 25.0 Å². The molecule has 3 heterocycles. The highest BCUT2D eigenvalue weighted by Crippen LogP contribution is 2.30. The number of methoxy groups -OCH3 is 1. The molecule has 37 heavy (non-hydrogen) atoms. The van der Waals surface area contributed by atoms with Crippen molar-refractivity contribution in [3.05, 3.63) is 59.0 Å². The van der Waals surface area contributed by atoms with Crippen LogP contribution in [0.5, 0.6) is 11.5 Å². The molecular formula is C26H34ClN7O3. The number of carbonyl (C=O) groups excluding carboxylic acids is 1. The van der Waals surface area contributed by atoms with E-state index in [2.05, 4.69) is 42.3 Å². The van der Waals surface area contributed by atoms with Crippen LogP contribution in [0.15, 0.2) is 42.9 Å². The van der Waals surface area contributed by atoms with Crippen LogP contribution in [0.4, 0.5) is 17.5 Å². The Morgan fingerprint density at radius 1 is 1.05 bits per heavy atom. The van der Waals surface area contributed by atoms with Gasteiger partial charge in [-0.15, -0.1) is 0 Å². The van der Waals surface area contributed by atoms with E-state index in [1.54, 1.807) is 30.7 Å². The van der Waals surface area contributed by atoms with E-state index in [0.717, 1.165) is 50.5 Å². The van der Waals surface area contributed by atoms with Gasteiger partial charge in [0.15, 0.2) is 5.75 Å². The van der Waals surface area contributed by atoms with Gasteiger partial charge < -0.3 is 29.9 Å². The number of aldehydes is 1. The molecule has 1 aliphatic rings. The molecular weight excluding hydrogens is 494 g/mol. The Bertz CT molecular complexity index is 1120. The van der Waals surface area contributed by atoms with E-state index < -0.39 is 0 Å². The van der Waals surface area contributed by atoms with Gasteiger partial charge in [-0.1, -0.05) is 18.5 Å². The van der Waals surface area contributed by atoms with Crippen molar-refractivity contribution in [2.45, 2.75) is 13.5 Å². The minimum atomic E-state index is 0.144. The number of nitrogens with one attached hydrogen (secondary N) is 2. The van der Waals surface area contributed by atoms with Crippen molar-refractivity contribution in [2.24, 2.45) is 0 Å². The van der Waals surface area contributed by atoms with Crippen LogP contribution in [-0.4, -0.2) is 80.1 Å². The van der Waals surface area contributed by atoms with Gasteiger partial charge in [-0.05, 0) is 44.9 Å². The summed E-state index contributed by atoms with van der Waals surface area (Å²) in [4.78, 5) is 29.1. The lowest BCUT2D eigenvalue weighted by Crippen LogP contribution is -2.46. The molecule has 0 radical (unpaired) electrons. The number of ether oxygens (including phenoxy) is 2. The van der Waals surface area contributed by atoms with Gasteiger partial charge in [-0.3, -0.25) is 4.79 Å². The Morgan fingerprint density at radius 3 is 2.32 bits per heavy atom. The number of hydrogen-bond acceptors (Lipinski definition) is 10. The van der Waals surface area contributed by atoms with Crippen LogP contribution in [0.1, 0.15) is 22.8 Å². The predicted octanol–water partition coefficient (Wildman–Crippen LogP) is 3.65. The molecule has 0 saturated carbocycles. The predicted molar refractivity (Wildman–Crippen MR) is 147 cm³/mol. The second-order valence-corrected chi connectivity index (χ2v) is 8.67. The second-order valence-electron chi connectivity index (χ2n) is 8.30. The molecule has 0 unspecified atom stereocenters. The summed E-state index contributed by atoms with van der Waals surface area (Å²) < 4.78 is 11.0. The molecule has 0 atom stereocenters. The number of pyridine rings is 1. The van der Waals surface area contributed by atoms with Gasteiger partial charge in [0.2, 0.25) is 5.95 Å². The van der Waals surface area contributed by atoms with Crippen LogP contribution in [0.3, 0.4) is 0 Å². The summed E-state index contributed by atoms with van der Waals surface area (Å²) in [6.07, 6.45) is 5.66. The first-order chi connectivity index (χ1) is 18.0. The molecule has 1 aliphatic heterocycles. The lowest BCUT2D eigenvalue weighted by Gasteiger charge is -2.34. The van der Waals surface area contributed by atoms with Crippen molar-refractivity contribution in [1.29, 1.82) is 0 Å². The molecule has 0 aliphatic carbocycles. The fraction of sp³-hybridized carbons (Fsp3) is 0.385. The summed E-state index contributed by atoms with van der Waals surface area (Å²) in [5.41, 5.74) is 1.89. The third-order valence-electron chi connectivity index (χ3n) is 5.66.